The van der Waals surface area contributed by atoms with Gasteiger partial charge in [0.1, 0.15) is 6.17 Å². The van der Waals surface area contributed by atoms with Gasteiger partial charge in [0.25, 0.3) is 0 Å². The molecule has 3 nitrogen and oxygen atoms in total. The molecule has 1 aromatic rings. The van der Waals surface area contributed by atoms with Crippen LogP contribution in [0.1, 0.15) is 25.1 Å². The van der Waals surface area contributed by atoms with E-state index in [1.165, 1.54) is 0 Å². The van der Waals surface area contributed by atoms with E-state index in [1.54, 1.807) is 0 Å². The number of anilines is 1. The largest absolute Gasteiger partial charge is 0.381 e. The number of benzene rings is 1. The lowest BCUT2D eigenvalue weighted by Crippen LogP contribution is -2.46. The van der Waals surface area contributed by atoms with Crippen LogP contribution in [0.5, 0.6) is 0 Å². The molecule has 6 heteroatoms. The van der Waals surface area contributed by atoms with Gasteiger partial charge in [0.2, 0.25) is 0 Å². The minimum absolute atomic E-state index is 0.0891. The van der Waals surface area contributed by atoms with E-state index in [0.29, 0.717) is 17.0 Å². The molecule has 1 aliphatic heterocycles. The lowest BCUT2D eigenvalue weighted by molar-refractivity contribution is 0.102. The van der Waals surface area contributed by atoms with Crippen LogP contribution < -0.4 is 4.90 Å². The van der Waals surface area contributed by atoms with Crippen LogP contribution in [-0.4, -0.2) is 42.9 Å². The van der Waals surface area contributed by atoms with Gasteiger partial charge in [0, 0.05) is 41.9 Å². The van der Waals surface area contributed by atoms with Crippen LogP contribution in [0.15, 0.2) is 16.6 Å². The second-order valence-electron chi connectivity index (χ2n) is 4.95. The number of aliphatic hydroxyl groups is 1. The zero-order valence-corrected chi connectivity index (χ0v) is 13.8. The molecule has 0 spiro atoms. The third kappa shape index (κ3) is 3.45. The van der Waals surface area contributed by atoms with Gasteiger partial charge in [-0.25, -0.2) is 4.39 Å². The van der Waals surface area contributed by atoms with Gasteiger partial charge < -0.3 is 10.0 Å². The molecule has 1 aliphatic rings. The van der Waals surface area contributed by atoms with E-state index in [0.717, 1.165) is 36.3 Å². The van der Waals surface area contributed by atoms with E-state index >= 15 is 0 Å². The predicted molar refractivity (Wildman–Crippen MR) is 84.2 cm³/mol. The number of piperazine rings is 1. The van der Waals surface area contributed by atoms with E-state index in [4.69, 9.17) is 16.7 Å². The molecule has 0 bridgehead atoms. The molecule has 1 unspecified atom stereocenters. The lowest BCUT2D eigenvalue weighted by Gasteiger charge is -2.35. The van der Waals surface area contributed by atoms with Gasteiger partial charge in [-0.2, -0.15) is 0 Å². The molecule has 1 fully saturated rings. The van der Waals surface area contributed by atoms with Gasteiger partial charge in [-0.05, 0) is 34.5 Å². The van der Waals surface area contributed by atoms with E-state index < -0.39 is 6.17 Å². The number of hydrogen-bond acceptors (Lipinski definition) is 3. The number of hydrogen-bond donors (Lipinski definition) is 1. The maximum atomic E-state index is 14.0. The molecule has 0 saturated carbocycles. The Labute approximate surface area is 132 Å². The van der Waals surface area contributed by atoms with Crippen molar-refractivity contribution in [2.24, 2.45) is 0 Å². The standard InChI is InChI=1S/C14H19BrClFN2O/c1-2-13(17)11-7-10(8-12(15)14(11)16)19-5-3-18(9-20)4-6-19/h7-8,13,20H,2-6,9H2,1H3. The summed E-state index contributed by atoms with van der Waals surface area (Å²) in [5.74, 6) is 0. The number of nitrogens with zero attached hydrogens (tertiary/aromatic N) is 2. The number of aliphatic hydroxyl groups excluding tert-OH is 1. The molecule has 0 radical (unpaired) electrons. The molecule has 0 amide bonds. The average molecular weight is 366 g/mol. The monoisotopic (exact) mass is 364 g/mol. The predicted octanol–water partition coefficient (Wildman–Crippen LogP) is 3.59. The second kappa shape index (κ2) is 7.07. The highest BCUT2D eigenvalue weighted by Crippen LogP contribution is 2.37. The summed E-state index contributed by atoms with van der Waals surface area (Å²) >= 11 is 9.59. The summed E-state index contributed by atoms with van der Waals surface area (Å²) in [6.45, 7) is 5.14. The summed E-state index contributed by atoms with van der Waals surface area (Å²) in [5.41, 5.74) is 1.52. The number of halogens is 3. The van der Waals surface area contributed by atoms with Crippen molar-refractivity contribution in [1.29, 1.82) is 0 Å². The highest BCUT2D eigenvalue weighted by atomic mass is 79.9. The Hall–Kier alpha value is -0.360. The molecule has 1 N–H and O–H groups in total. The van der Waals surface area contributed by atoms with E-state index in [-0.39, 0.29) is 6.73 Å². The first-order valence-electron chi connectivity index (χ1n) is 6.78. The highest BCUT2D eigenvalue weighted by Gasteiger charge is 2.20. The van der Waals surface area contributed by atoms with Crippen molar-refractivity contribution in [3.05, 3.63) is 27.2 Å². The van der Waals surface area contributed by atoms with Gasteiger partial charge in [0.05, 0.1) is 11.8 Å². The first-order chi connectivity index (χ1) is 9.56. The first kappa shape index (κ1) is 16.0. The summed E-state index contributed by atoms with van der Waals surface area (Å²) in [7, 11) is 0. The molecule has 112 valence electrons. The van der Waals surface area contributed by atoms with Gasteiger partial charge in [-0.1, -0.05) is 18.5 Å². The van der Waals surface area contributed by atoms with Crippen LogP contribution in [-0.2, 0) is 0 Å². The van der Waals surface area contributed by atoms with Gasteiger partial charge >= 0.3 is 0 Å². The Bertz CT molecular complexity index is 467. The molecule has 0 aliphatic carbocycles. The Balaban J connectivity index is 2.22. The minimum atomic E-state index is -1.04. The summed E-state index contributed by atoms with van der Waals surface area (Å²) < 4.78 is 14.7. The quantitative estimate of drug-likeness (QED) is 0.883. The third-order valence-corrected chi connectivity index (χ3v) is 4.95. The Morgan fingerprint density at radius 1 is 1.35 bits per heavy atom. The zero-order chi connectivity index (χ0) is 14.7. The molecule has 0 aromatic heterocycles. The van der Waals surface area contributed by atoms with Crippen molar-refractivity contribution in [3.8, 4) is 0 Å². The number of rotatable bonds is 4. The minimum Gasteiger partial charge on any atom is -0.381 e. The summed E-state index contributed by atoms with van der Waals surface area (Å²) in [5, 5.41) is 9.57. The van der Waals surface area contributed by atoms with Crippen LogP contribution in [0.4, 0.5) is 10.1 Å². The van der Waals surface area contributed by atoms with Crippen LogP contribution in [0.2, 0.25) is 5.02 Å². The fraction of sp³-hybridized carbons (Fsp3) is 0.571. The van der Waals surface area contributed by atoms with Crippen molar-refractivity contribution >= 4 is 33.2 Å². The van der Waals surface area contributed by atoms with E-state index in [1.807, 2.05) is 24.0 Å². The van der Waals surface area contributed by atoms with Crippen molar-refractivity contribution in [1.82, 2.24) is 4.90 Å². The summed E-state index contributed by atoms with van der Waals surface area (Å²) in [4.78, 5) is 4.17. The smallest absolute Gasteiger partial charge is 0.126 e. The van der Waals surface area contributed by atoms with Crippen LogP contribution >= 0.6 is 27.5 Å². The number of alkyl halides is 1. The second-order valence-corrected chi connectivity index (χ2v) is 6.19. The fourth-order valence-electron chi connectivity index (χ4n) is 2.37. The molecule has 20 heavy (non-hydrogen) atoms. The lowest BCUT2D eigenvalue weighted by atomic mass is 10.1. The van der Waals surface area contributed by atoms with Crippen molar-refractivity contribution in [3.63, 3.8) is 0 Å². The molecule has 1 saturated heterocycles. The van der Waals surface area contributed by atoms with Gasteiger partial charge in [-0.3, -0.25) is 4.90 Å². The Kier molecular flexibility index (Phi) is 5.66. The van der Waals surface area contributed by atoms with Crippen LogP contribution in [0, 0.1) is 0 Å². The molecular formula is C14H19BrClFN2O. The molecule has 1 atom stereocenters. The molecule has 1 heterocycles. The van der Waals surface area contributed by atoms with E-state index in [2.05, 4.69) is 20.8 Å². The zero-order valence-electron chi connectivity index (χ0n) is 11.5. The van der Waals surface area contributed by atoms with Crippen LogP contribution in [0.25, 0.3) is 0 Å². The molecule has 1 aromatic carbocycles. The van der Waals surface area contributed by atoms with E-state index in [9.17, 15) is 4.39 Å². The normalized spacial score (nSPS) is 18.4. The van der Waals surface area contributed by atoms with Crippen molar-refractivity contribution < 1.29 is 9.50 Å². The average Bonchev–Trinajstić information content (AvgIpc) is 2.49. The van der Waals surface area contributed by atoms with Crippen LogP contribution in [0.3, 0.4) is 0 Å². The maximum absolute atomic E-state index is 14.0. The molecular weight excluding hydrogens is 347 g/mol. The summed E-state index contributed by atoms with van der Waals surface area (Å²) in [6.07, 6.45) is -0.633. The first-order valence-corrected chi connectivity index (χ1v) is 7.95. The van der Waals surface area contributed by atoms with Gasteiger partial charge in [0.15, 0.2) is 0 Å². The third-order valence-electron chi connectivity index (χ3n) is 3.67. The summed E-state index contributed by atoms with van der Waals surface area (Å²) in [6, 6.07) is 3.78. The highest BCUT2D eigenvalue weighted by molar-refractivity contribution is 9.10. The Morgan fingerprint density at radius 3 is 2.55 bits per heavy atom. The molecule has 2 rings (SSSR count). The SMILES string of the molecule is CCC(F)c1cc(N2CCN(CO)CC2)cc(Br)c1Cl. The topological polar surface area (TPSA) is 26.7 Å². The maximum Gasteiger partial charge on any atom is 0.126 e. The van der Waals surface area contributed by atoms with Gasteiger partial charge in [-0.15, -0.1) is 0 Å². The fourth-order valence-corrected chi connectivity index (χ4v) is 3.06. The Morgan fingerprint density at radius 2 is 2.00 bits per heavy atom. The van der Waals surface area contributed by atoms with Crippen molar-refractivity contribution in [2.75, 3.05) is 37.8 Å². The van der Waals surface area contributed by atoms with Crippen molar-refractivity contribution in [2.45, 2.75) is 19.5 Å².